The summed E-state index contributed by atoms with van der Waals surface area (Å²) in [7, 11) is 3.15. The van der Waals surface area contributed by atoms with Crippen LogP contribution >= 0.6 is 0 Å². The van der Waals surface area contributed by atoms with E-state index in [0.29, 0.717) is 41.9 Å². The van der Waals surface area contributed by atoms with Crippen LogP contribution in [0.2, 0.25) is 0 Å². The van der Waals surface area contributed by atoms with Crippen LogP contribution in [-0.2, 0) is 6.54 Å². The molecule has 0 radical (unpaired) electrons. The minimum atomic E-state index is -0.276. The molecule has 2 aromatic rings. The highest BCUT2D eigenvalue weighted by Gasteiger charge is 2.11. The minimum Gasteiger partial charge on any atom is -0.493 e. The van der Waals surface area contributed by atoms with Crippen LogP contribution in [0.4, 0.5) is 5.95 Å². The van der Waals surface area contributed by atoms with Gasteiger partial charge in [-0.2, -0.15) is 0 Å². The van der Waals surface area contributed by atoms with Crippen molar-refractivity contribution in [2.75, 3.05) is 26.1 Å². The zero-order chi connectivity index (χ0) is 18.2. The fraction of sp³-hybridized carbons (Fsp3) is 0.278. The lowest BCUT2D eigenvalue weighted by Gasteiger charge is -2.11. The van der Waals surface area contributed by atoms with E-state index in [0.717, 1.165) is 5.56 Å². The maximum Gasteiger partial charge on any atom is 0.270 e. The normalized spacial score (nSPS) is 10.0. The lowest BCUT2D eigenvalue weighted by molar-refractivity contribution is 0.0945. The summed E-state index contributed by atoms with van der Waals surface area (Å²) in [4.78, 5) is 20.8. The van der Waals surface area contributed by atoms with E-state index in [2.05, 4.69) is 27.2 Å². The van der Waals surface area contributed by atoms with Gasteiger partial charge in [0.15, 0.2) is 11.5 Å². The fourth-order valence-corrected chi connectivity index (χ4v) is 2.19. The Bertz CT molecular complexity index is 762. The molecule has 0 aliphatic rings. The Balaban J connectivity index is 2.07. The summed E-state index contributed by atoms with van der Waals surface area (Å²) in [5.41, 5.74) is 1.90. The second-order valence-electron chi connectivity index (χ2n) is 5.26. The maximum absolute atomic E-state index is 12.4. The first kappa shape index (κ1) is 18.3. The summed E-state index contributed by atoms with van der Waals surface area (Å²) in [5, 5.41) is 5.82. The number of ether oxygens (including phenoxy) is 2. The molecule has 1 aromatic heterocycles. The molecule has 25 heavy (non-hydrogen) atoms. The molecule has 0 unspecified atom stereocenters. The Labute approximate surface area is 147 Å². The predicted molar refractivity (Wildman–Crippen MR) is 96.2 cm³/mol. The summed E-state index contributed by atoms with van der Waals surface area (Å²) in [5.74, 6) is 1.38. The molecule has 0 aliphatic carbocycles. The Hall–Kier alpha value is -3.09. The van der Waals surface area contributed by atoms with Crippen molar-refractivity contribution in [1.29, 1.82) is 0 Å². The first-order valence-electron chi connectivity index (χ1n) is 7.77. The lowest BCUT2D eigenvalue weighted by atomic mass is 10.2. The van der Waals surface area contributed by atoms with E-state index in [1.165, 1.54) is 0 Å². The van der Waals surface area contributed by atoms with Gasteiger partial charge >= 0.3 is 0 Å². The van der Waals surface area contributed by atoms with Crippen molar-refractivity contribution in [3.63, 3.8) is 0 Å². The largest absolute Gasteiger partial charge is 0.493 e. The van der Waals surface area contributed by atoms with Crippen LogP contribution in [-0.4, -0.2) is 36.6 Å². The molecule has 0 spiro atoms. The van der Waals surface area contributed by atoms with E-state index in [1.807, 2.05) is 19.1 Å². The third kappa shape index (κ3) is 4.94. The van der Waals surface area contributed by atoms with E-state index in [-0.39, 0.29) is 5.91 Å². The monoisotopic (exact) mass is 342 g/mol. The number of carbonyl (C=O) groups excluding carboxylic acids is 1. The van der Waals surface area contributed by atoms with E-state index >= 15 is 0 Å². The summed E-state index contributed by atoms with van der Waals surface area (Å²) < 4.78 is 10.5. The van der Waals surface area contributed by atoms with Crippen molar-refractivity contribution < 1.29 is 14.3 Å². The Morgan fingerprint density at radius 3 is 2.64 bits per heavy atom. The second kappa shape index (κ2) is 8.68. The number of rotatable bonds is 8. The van der Waals surface area contributed by atoms with Crippen molar-refractivity contribution in [2.24, 2.45) is 0 Å². The molecule has 2 rings (SSSR count). The van der Waals surface area contributed by atoms with Crippen LogP contribution < -0.4 is 20.1 Å². The van der Waals surface area contributed by atoms with Gasteiger partial charge in [-0.25, -0.2) is 9.97 Å². The molecular weight excluding hydrogens is 320 g/mol. The number of nitrogens with zero attached hydrogens (tertiary/aromatic N) is 2. The zero-order valence-corrected chi connectivity index (χ0v) is 14.6. The van der Waals surface area contributed by atoms with Crippen LogP contribution in [0.5, 0.6) is 11.5 Å². The molecule has 1 heterocycles. The molecule has 1 aromatic carbocycles. The SMILES string of the molecule is C=CCNc1nc(C)cc(C(=O)NCc2ccc(OC)c(OC)c2)n1. The summed E-state index contributed by atoms with van der Waals surface area (Å²) in [6.07, 6.45) is 1.70. The van der Waals surface area contributed by atoms with Gasteiger partial charge in [-0.05, 0) is 30.7 Å². The average molecular weight is 342 g/mol. The molecule has 7 nitrogen and oxygen atoms in total. The highest BCUT2D eigenvalue weighted by Crippen LogP contribution is 2.27. The van der Waals surface area contributed by atoms with Gasteiger partial charge < -0.3 is 20.1 Å². The smallest absolute Gasteiger partial charge is 0.270 e. The number of methoxy groups -OCH3 is 2. The average Bonchev–Trinajstić information content (AvgIpc) is 2.63. The summed E-state index contributed by atoms with van der Waals surface area (Å²) in [6.45, 7) is 6.31. The van der Waals surface area contributed by atoms with E-state index < -0.39 is 0 Å². The molecule has 0 aliphatic heterocycles. The molecule has 0 atom stereocenters. The van der Waals surface area contributed by atoms with Crippen LogP contribution in [0.15, 0.2) is 36.9 Å². The molecule has 2 N–H and O–H groups in total. The van der Waals surface area contributed by atoms with E-state index in [1.54, 1.807) is 32.4 Å². The molecule has 0 saturated carbocycles. The minimum absolute atomic E-state index is 0.276. The second-order valence-corrected chi connectivity index (χ2v) is 5.26. The van der Waals surface area contributed by atoms with Crippen molar-refractivity contribution >= 4 is 11.9 Å². The van der Waals surface area contributed by atoms with Gasteiger partial charge in [-0.1, -0.05) is 12.1 Å². The third-order valence-electron chi connectivity index (χ3n) is 3.39. The standard InChI is InChI=1S/C18H22N4O3/c1-5-8-19-18-21-12(2)9-14(22-18)17(23)20-11-13-6-7-15(24-3)16(10-13)25-4/h5-7,9-10H,1,8,11H2,2-4H3,(H,20,23)(H,19,21,22). The topological polar surface area (TPSA) is 85.4 Å². The number of aryl methyl sites for hydroxylation is 1. The highest BCUT2D eigenvalue weighted by molar-refractivity contribution is 5.92. The van der Waals surface area contributed by atoms with Gasteiger partial charge in [-0.15, -0.1) is 6.58 Å². The molecule has 7 heteroatoms. The van der Waals surface area contributed by atoms with E-state index in [9.17, 15) is 4.79 Å². The van der Waals surface area contributed by atoms with Crippen molar-refractivity contribution in [2.45, 2.75) is 13.5 Å². The van der Waals surface area contributed by atoms with Crippen molar-refractivity contribution in [3.8, 4) is 11.5 Å². The molecule has 1 amide bonds. The Morgan fingerprint density at radius 1 is 1.20 bits per heavy atom. The molecular formula is C18H22N4O3. The van der Waals surface area contributed by atoms with Gasteiger partial charge in [-0.3, -0.25) is 4.79 Å². The van der Waals surface area contributed by atoms with Crippen LogP contribution in [0.25, 0.3) is 0 Å². The zero-order valence-electron chi connectivity index (χ0n) is 14.6. The first-order chi connectivity index (χ1) is 12.1. The molecule has 0 saturated heterocycles. The number of amides is 1. The number of benzene rings is 1. The number of hydrogen-bond acceptors (Lipinski definition) is 6. The predicted octanol–water partition coefficient (Wildman–Crippen LogP) is 2.33. The van der Waals surface area contributed by atoms with Gasteiger partial charge in [0.05, 0.1) is 14.2 Å². The number of hydrogen-bond donors (Lipinski definition) is 2. The molecule has 0 bridgehead atoms. The summed E-state index contributed by atoms with van der Waals surface area (Å²) >= 11 is 0. The highest BCUT2D eigenvalue weighted by atomic mass is 16.5. The summed E-state index contributed by atoms with van der Waals surface area (Å²) in [6, 6.07) is 7.13. The first-order valence-corrected chi connectivity index (χ1v) is 7.77. The molecule has 0 fully saturated rings. The van der Waals surface area contributed by atoms with Gasteiger partial charge in [0.25, 0.3) is 5.91 Å². The third-order valence-corrected chi connectivity index (χ3v) is 3.39. The van der Waals surface area contributed by atoms with Gasteiger partial charge in [0, 0.05) is 18.8 Å². The van der Waals surface area contributed by atoms with Gasteiger partial charge in [0.2, 0.25) is 5.95 Å². The van der Waals surface area contributed by atoms with Crippen molar-refractivity contribution in [3.05, 3.63) is 53.9 Å². The van der Waals surface area contributed by atoms with Crippen LogP contribution in [0, 0.1) is 6.92 Å². The van der Waals surface area contributed by atoms with Gasteiger partial charge in [0.1, 0.15) is 5.69 Å². The Kier molecular flexibility index (Phi) is 6.33. The van der Waals surface area contributed by atoms with Crippen LogP contribution in [0.1, 0.15) is 21.7 Å². The fourth-order valence-electron chi connectivity index (χ4n) is 2.19. The number of carbonyl (C=O) groups is 1. The lowest BCUT2D eigenvalue weighted by Crippen LogP contribution is -2.24. The number of aromatic nitrogens is 2. The van der Waals surface area contributed by atoms with E-state index in [4.69, 9.17) is 9.47 Å². The number of nitrogens with one attached hydrogen (secondary N) is 2. The van der Waals surface area contributed by atoms with Crippen LogP contribution in [0.3, 0.4) is 0 Å². The maximum atomic E-state index is 12.4. The number of anilines is 1. The Morgan fingerprint density at radius 2 is 1.96 bits per heavy atom. The molecule has 132 valence electrons. The van der Waals surface area contributed by atoms with Crippen molar-refractivity contribution in [1.82, 2.24) is 15.3 Å². The quantitative estimate of drug-likeness (QED) is 0.716.